The van der Waals surface area contributed by atoms with Crippen molar-refractivity contribution in [2.24, 2.45) is 11.8 Å². The third-order valence-corrected chi connectivity index (χ3v) is 5.05. The molecule has 1 saturated carbocycles. The van der Waals surface area contributed by atoms with E-state index in [1.54, 1.807) is 0 Å². The Hall–Kier alpha value is -1.56. The third kappa shape index (κ3) is 4.29. The fourth-order valence-electron chi connectivity index (χ4n) is 3.29. The molecular formula is C18H23F3N2O. The van der Waals surface area contributed by atoms with E-state index < -0.39 is 11.7 Å². The summed E-state index contributed by atoms with van der Waals surface area (Å²) >= 11 is 0. The van der Waals surface area contributed by atoms with Gasteiger partial charge >= 0.3 is 6.18 Å². The average Bonchev–Trinajstić information content (AvgIpc) is 3.28. The standard InChI is InChI=1S/C18H23F3N2O/c1-12(14-4-5-14)17(24)22-16-8-9-23(11-16)10-13-2-6-15(7-3-13)18(19,20)21/h2-3,6-7,12,14,16H,4-5,8-11H2,1H3,(H,22,24). The first-order chi connectivity index (χ1) is 11.3. The number of carbonyl (C=O) groups excluding carboxylic acids is 1. The largest absolute Gasteiger partial charge is 0.416 e. The van der Waals surface area contributed by atoms with Gasteiger partial charge in [-0.1, -0.05) is 19.1 Å². The van der Waals surface area contributed by atoms with Crippen LogP contribution in [-0.4, -0.2) is 29.9 Å². The second-order valence-electron chi connectivity index (χ2n) is 7.05. The van der Waals surface area contributed by atoms with Crippen LogP contribution in [0.25, 0.3) is 0 Å². The minimum atomic E-state index is -4.29. The molecule has 3 nitrogen and oxygen atoms in total. The number of hydrogen-bond donors (Lipinski definition) is 1. The van der Waals surface area contributed by atoms with E-state index in [-0.39, 0.29) is 17.9 Å². The van der Waals surface area contributed by atoms with Gasteiger partial charge in [-0.15, -0.1) is 0 Å². The summed E-state index contributed by atoms with van der Waals surface area (Å²) in [5.41, 5.74) is 0.244. The number of hydrogen-bond acceptors (Lipinski definition) is 2. The lowest BCUT2D eigenvalue weighted by Crippen LogP contribution is -2.40. The Bertz CT molecular complexity index is 581. The van der Waals surface area contributed by atoms with Crippen molar-refractivity contribution in [1.82, 2.24) is 10.2 Å². The maximum atomic E-state index is 12.6. The molecule has 3 rings (SSSR count). The number of nitrogens with one attached hydrogen (secondary N) is 1. The van der Waals surface area contributed by atoms with E-state index in [2.05, 4.69) is 10.2 Å². The van der Waals surface area contributed by atoms with E-state index in [1.807, 2.05) is 6.92 Å². The zero-order valence-electron chi connectivity index (χ0n) is 13.8. The van der Waals surface area contributed by atoms with E-state index in [0.29, 0.717) is 12.5 Å². The minimum absolute atomic E-state index is 0.0916. The fourth-order valence-corrected chi connectivity index (χ4v) is 3.29. The Balaban J connectivity index is 1.48. The molecule has 2 atom stereocenters. The van der Waals surface area contributed by atoms with Crippen molar-refractivity contribution in [3.63, 3.8) is 0 Å². The van der Waals surface area contributed by atoms with Gasteiger partial charge in [-0.3, -0.25) is 9.69 Å². The van der Waals surface area contributed by atoms with Gasteiger partial charge in [-0.25, -0.2) is 0 Å². The van der Waals surface area contributed by atoms with Crippen molar-refractivity contribution in [3.05, 3.63) is 35.4 Å². The molecule has 0 spiro atoms. The van der Waals surface area contributed by atoms with Gasteiger partial charge in [0.05, 0.1) is 5.56 Å². The number of likely N-dealkylation sites (tertiary alicyclic amines) is 1. The molecule has 1 amide bonds. The van der Waals surface area contributed by atoms with Crippen molar-refractivity contribution in [2.45, 2.75) is 44.9 Å². The van der Waals surface area contributed by atoms with Crippen LogP contribution in [-0.2, 0) is 17.5 Å². The smallest absolute Gasteiger partial charge is 0.352 e. The molecule has 0 radical (unpaired) electrons. The number of carbonyl (C=O) groups is 1. The van der Waals surface area contributed by atoms with E-state index in [1.165, 1.54) is 12.1 Å². The van der Waals surface area contributed by atoms with Gasteiger partial charge < -0.3 is 5.32 Å². The Morgan fingerprint density at radius 1 is 1.25 bits per heavy atom. The molecule has 1 N–H and O–H groups in total. The van der Waals surface area contributed by atoms with Crippen molar-refractivity contribution in [2.75, 3.05) is 13.1 Å². The van der Waals surface area contributed by atoms with Gasteiger partial charge in [0, 0.05) is 31.6 Å². The second kappa shape index (κ2) is 6.75. The highest BCUT2D eigenvalue weighted by Crippen LogP contribution is 2.36. The number of nitrogens with zero attached hydrogens (tertiary/aromatic N) is 1. The third-order valence-electron chi connectivity index (χ3n) is 5.05. The number of amides is 1. The van der Waals surface area contributed by atoms with Gasteiger partial charge in [0.15, 0.2) is 0 Å². The van der Waals surface area contributed by atoms with E-state index in [0.717, 1.165) is 50.0 Å². The Morgan fingerprint density at radius 3 is 2.50 bits per heavy atom. The van der Waals surface area contributed by atoms with Crippen LogP contribution in [0.3, 0.4) is 0 Å². The lowest BCUT2D eigenvalue weighted by atomic mass is 10.1. The second-order valence-corrected chi connectivity index (χ2v) is 7.05. The Morgan fingerprint density at radius 2 is 1.92 bits per heavy atom. The fraction of sp³-hybridized carbons (Fsp3) is 0.611. The number of benzene rings is 1. The monoisotopic (exact) mass is 340 g/mol. The minimum Gasteiger partial charge on any atom is -0.352 e. The molecular weight excluding hydrogens is 317 g/mol. The van der Waals surface area contributed by atoms with E-state index in [4.69, 9.17) is 0 Å². The molecule has 24 heavy (non-hydrogen) atoms. The number of rotatable bonds is 5. The van der Waals surface area contributed by atoms with Gasteiger partial charge in [0.1, 0.15) is 0 Å². The molecule has 6 heteroatoms. The maximum Gasteiger partial charge on any atom is 0.416 e. The lowest BCUT2D eigenvalue weighted by Gasteiger charge is -2.19. The summed E-state index contributed by atoms with van der Waals surface area (Å²) in [6, 6.07) is 5.46. The predicted molar refractivity (Wildman–Crippen MR) is 85.2 cm³/mol. The summed E-state index contributed by atoms with van der Waals surface area (Å²) < 4.78 is 37.7. The Labute approximate surface area is 140 Å². The highest BCUT2D eigenvalue weighted by molar-refractivity contribution is 5.79. The molecule has 1 aromatic rings. The van der Waals surface area contributed by atoms with Crippen molar-refractivity contribution in [3.8, 4) is 0 Å². The van der Waals surface area contributed by atoms with Gasteiger partial charge in [-0.2, -0.15) is 13.2 Å². The van der Waals surface area contributed by atoms with E-state index in [9.17, 15) is 18.0 Å². The summed E-state index contributed by atoms with van der Waals surface area (Å²) in [6.45, 7) is 4.21. The van der Waals surface area contributed by atoms with Crippen LogP contribution in [0.15, 0.2) is 24.3 Å². The van der Waals surface area contributed by atoms with Crippen LogP contribution in [0.1, 0.15) is 37.3 Å². The molecule has 2 aliphatic rings. The molecule has 1 heterocycles. The topological polar surface area (TPSA) is 32.3 Å². The van der Waals surface area contributed by atoms with Crippen LogP contribution < -0.4 is 5.32 Å². The quantitative estimate of drug-likeness (QED) is 0.890. The summed E-state index contributed by atoms with van der Waals surface area (Å²) in [4.78, 5) is 14.3. The SMILES string of the molecule is CC(C(=O)NC1CCN(Cc2ccc(C(F)(F)F)cc2)C1)C1CC1. The summed E-state index contributed by atoms with van der Waals surface area (Å²) in [7, 11) is 0. The zero-order valence-corrected chi connectivity index (χ0v) is 13.8. The molecule has 1 aromatic carbocycles. The molecule has 1 aliphatic carbocycles. The predicted octanol–water partition coefficient (Wildman–Crippen LogP) is 3.44. The summed E-state index contributed by atoms with van der Waals surface area (Å²) in [6.07, 6.45) is -1.10. The molecule has 0 bridgehead atoms. The van der Waals surface area contributed by atoms with Gasteiger partial charge in [-0.05, 0) is 42.9 Å². The molecule has 1 saturated heterocycles. The van der Waals surface area contributed by atoms with Crippen molar-refractivity contribution in [1.29, 1.82) is 0 Å². The highest BCUT2D eigenvalue weighted by Gasteiger charge is 2.34. The molecule has 2 fully saturated rings. The number of halogens is 3. The summed E-state index contributed by atoms with van der Waals surface area (Å²) in [5.74, 6) is 0.780. The average molecular weight is 340 g/mol. The van der Waals surface area contributed by atoms with Crippen LogP contribution in [0.2, 0.25) is 0 Å². The van der Waals surface area contributed by atoms with Crippen LogP contribution in [0.4, 0.5) is 13.2 Å². The molecule has 132 valence electrons. The normalized spacial score (nSPS) is 23.2. The first kappa shape index (κ1) is 17.3. The van der Waals surface area contributed by atoms with Crippen molar-refractivity contribution < 1.29 is 18.0 Å². The zero-order chi connectivity index (χ0) is 17.3. The van der Waals surface area contributed by atoms with Gasteiger partial charge in [0.2, 0.25) is 5.91 Å². The first-order valence-electron chi connectivity index (χ1n) is 8.52. The Kier molecular flexibility index (Phi) is 4.85. The van der Waals surface area contributed by atoms with Crippen molar-refractivity contribution >= 4 is 5.91 Å². The maximum absolute atomic E-state index is 12.6. The molecule has 2 unspecified atom stereocenters. The van der Waals surface area contributed by atoms with Crippen LogP contribution in [0.5, 0.6) is 0 Å². The highest BCUT2D eigenvalue weighted by atomic mass is 19.4. The molecule has 1 aliphatic heterocycles. The molecule has 0 aromatic heterocycles. The first-order valence-corrected chi connectivity index (χ1v) is 8.52. The number of alkyl halides is 3. The van der Waals surface area contributed by atoms with Crippen LogP contribution in [0, 0.1) is 11.8 Å². The van der Waals surface area contributed by atoms with Gasteiger partial charge in [0.25, 0.3) is 0 Å². The summed E-state index contributed by atoms with van der Waals surface area (Å²) in [5, 5.41) is 3.12. The van der Waals surface area contributed by atoms with E-state index >= 15 is 0 Å². The van der Waals surface area contributed by atoms with Crippen LogP contribution >= 0.6 is 0 Å². The lowest BCUT2D eigenvalue weighted by molar-refractivity contribution is -0.137.